The number of carbonyl (C=O) groups is 3. The number of hydrogen-bond acceptors (Lipinski definition) is 4. The smallest absolute Gasteiger partial charge is 0.291 e. The van der Waals surface area contributed by atoms with Gasteiger partial charge in [0, 0.05) is 18.0 Å². The Morgan fingerprint density at radius 1 is 1.17 bits per heavy atom. The van der Waals surface area contributed by atoms with Crippen molar-refractivity contribution in [1.82, 2.24) is 4.90 Å². The summed E-state index contributed by atoms with van der Waals surface area (Å²) in [6.07, 6.45) is 6.78. The molecule has 4 atom stereocenters. The number of nitrogens with one attached hydrogen (secondary N) is 1. The monoisotopic (exact) mass is 428 g/mol. The van der Waals surface area contributed by atoms with Crippen molar-refractivity contribution in [3.63, 3.8) is 0 Å². The molecule has 5 rings (SSSR count). The Hall–Kier alpha value is -1.86. The van der Waals surface area contributed by atoms with Gasteiger partial charge in [-0.15, -0.1) is 0 Å². The number of nitrogens with two attached hydrogens (primary N) is 1. The zero-order chi connectivity index (χ0) is 21.2. The third-order valence-corrected chi connectivity index (χ3v) is 8.60. The van der Waals surface area contributed by atoms with E-state index in [0.29, 0.717) is 0 Å². The van der Waals surface area contributed by atoms with Crippen LogP contribution >= 0.6 is 11.8 Å². The third-order valence-electron chi connectivity index (χ3n) is 7.95. The number of imide groups is 1. The number of quaternary nitrogens is 1. The number of nitrogens with zero attached hydrogens (tertiary/aromatic N) is 1. The second kappa shape index (κ2) is 7.09. The molecule has 3 N–H and O–H groups in total. The lowest BCUT2D eigenvalue weighted by atomic mass is 9.76. The normalized spacial score (nSPS) is 33.0. The molecular weight excluding hydrogens is 398 g/mol. The molecule has 1 aromatic rings. The van der Waals surface area contributed by atoms with Crippen LogP contribution in [0.25, 0.3) is 0 Å². The maximum atomic E-state index is 13.8. The van der Waals surface area contributed by atoms with Gasteiger partial charge in [-0.2, -0.15) is 11.8 Å². The lowest BCUT2D eigenvalue weighted by Crippen LogP contribution is -2.99. The minimum Gasteiger partial charge on any atom is -0.326 e. The van der Waals surface area contributed by atoms with E-state index in [1.54, 1.807) is 16.7 Å². The van der Waals surface area contributed by atoms with Crippen molar-refractivity contribution in [3.8, 4) is 0 Å². The summed E-state index contributed by atoms with van der Waals surface area (Å²) in [7, 11) is 0. The number of fused-ring (bicyclic) bond motifs is 4. The molecule has 7 heteroatoms. The molecule has 3 aliphatic heterocycles. The highest BCUT2D eigenvalue weighted by molar-refractivity contribution is 7.98. The van der Waals surface area contributed by atoms with Crippen molar-refractivity contribution in [2.75, 3.05) is 17.3 Å². The quantitative estimate of drug-likeness (QED) is 0.715. The van der Waals surface area contributed by atoms with Gasteiger partial charge in [-0.05, 0) is 55.9 Å². The second-order valence-corrected chi connectivity index (χ2v) is 10.3. The summed E-state index contributed by atoms with van der Waals surface area (Å²) in [4.78, 5) is 42.5. The van der Waals surface area contributed by atoms with E-state index in [0.717, 1.165) is 60.2 Å². The van der Waals surface area contributed by atoms with E-state index in [2.05, 4.69) is 16.9 Å². The number of anilines is 1. The van der Waals surface area contributed by atoms with Crippen LogP contribution in [0.15, 0.2) is 12.1 Å². The summed E-state index contributed by atoms with van der Waals surface area (Å²) in [5.74, 6) is -0.416. The van der Waals surface area contributed by atoms with Gasteiger partial charge >= 0.3 is 0 Å². The summed E-state index contributed by atoms with van der Waals surface area (Å²) in [6.45, 7) is 4.04. The molecule has 1 saturated carbocycles. The molecule has 6 nitrogen and oxygen atoms in total. The van der Waals surface area contributed by atoms with E-state index in [1.165, 1.54) is 0 Å². The van der Waals surface area contributed by atoms with E-state index in [1.807, 2.05) is 26.0 Å². The van der Waals surface area contributed by atoms with Gasteiger partial charge in [0.2, 0.25) is 17.4 Å². The third kappa shape index (κ3) is 2.51. The highest BCUT2D eigenvalue weighted by Crippen LogP contribution is 2.51. The molecule has 1 aliphatic carbocycles. The summed E-state index contributed by atoms with van der Waals surface area (Å²) in [5.41, 5.74) is 2.84. The van der Waals surface area contributed by atoms with E-state index in [9.17, 15) is 14.4 Å². The van der Waals surface area contributed by atoms with E-state index >= 15 is 0 Å². The van der Waals surface area contributed by atoms with Gasteiger partial charge in [0.05, 0.1) is 5.69 Å². The number of likely N-dealkylation sites (tertiary alicyclic amines) is 1. The van der Waals surface area contributed by atoms with Gasteiger partial charge in [-0.25, -0.2) is 0 Å². The number of aryl methyl sites for hydroxylation is 1. The maximum Gasteiger partial charge on any atom is 0.291 e. The standard InChI is InChI=1S/C23H29N3O3S/c1-12-8-9-15-19(13(12)2)24-22(29)23(15)18-17(16(25-23)10-11-30-3)20(27)26(21(18)28)14-6-4-5-7-14/h8-9,14,16-18,25H,4-7,10-11H2,1-3H3,(H,24,29)/p+1/t16-,17-,18+,23-/m1/s1. The number of hydrogen-bond donors (Lipinski definition) is 2. The SMILES string of the molecule is CSCC[C@H]1[NH2+][C@@]2(C(=O)Nc3c2ccc(C)c3C)[C@@H]2C(=O)N(C3CCCC3)C(=O)[C@@H]21. The predicted octanol–water partition coefficient (Wildman–Crippen LogP) is 1.69. The Bertz CT molecular complexity index is 942. The van der Waals surface area contributed by atoms with Crippen LogP contribution in [0.4, 0.5) is 5.69 Å². The molecule has 0 aromatic heterocycles. The van der Waals surface area contributed by atoms with Crippen LogP contribution in [-0.4, -0.2) is 46.7 Å². The van der Waals surface area contributed by atoms with E-state index < -0.39 is 17.4 Å². The zero-order valence-electron chi connectivity index (χ0n) is 17.9. The lowest BCUT2D eigenvalue weighted by molar-refractivity contribution is -0.733. The Kier molecular flexibility index (Phi) is 4.74. The van der Waals surface area contributed by atoms with Gasteiger partial charge in [0.15, 0.2) is 0 Å². The molecular formula is C23H30N3O3S+. The van der Waals surface area contributed by atoms with Gasteiger partial charge in [0.1, 0.15) is 17.9 Å². The number of benzene rings is 1. The van der Waals surface area contributed by atoms with Crippen LogP contribution < -0.4 is 10.6 Å². The molecule has 3 heterocycles. The second-order valence-electron chi connectivity index (χ2n) is 9.35. The summed E-state index contributed by atoms with van der Waals surface area (Å²) >= 11 is 1.74. The highest BCUT2D eigenvalue weighted by atomic mass is 32.2. The van der Waals surface area contributed by atoms with Crippen LogP contribution in [0.5, 0.6) is 0 Å². The lowest BCUT2D eigenvalue weighted by Gasteiger charge is -2.29. The molecule has 4 aliphatic rings. The number of rotatable bonds is 4. The van der Waals surface area contributed by atoms with Gasteiger partial charge in [-0.1, -0.05) is 18.9 Å². The summed E-state index contributed by atoms with van der Waals surface area (Å²) in [5, 5.41) is 5.16. The first kappa shape index (κ1) is 20.1. The Labute approximate surface area is 181 Å². The first-order chi connectivity index (χ1) is 14.4. The fraction of sp³-hybridized carbons (Fsp3) is 0.609. The molecule has 0 bridgehead atoms. The molecule has 160 valence electrons. The van der Waals surface area contributed by atoms with Gasteiger partial charge in [0.25, 0.3) is 5.91 Å². The van der Waals surface area contributed by atoms with Gasteiger partial charge < -0.3 is 10.6 Å². The van der Waals surface area contributed by atoms with E-state index in [4.69, 9.17) is 0 Å². The Morgan fingerprint density at radius 3 is 2.60 bits per heavy atom. The molecule has 0 unspecified atom stereocenters. The van der Waals surface area contributed by atoms with Crippen LogP contribution in [0, 0.1) is 25.7 Å². The fourth-order valence-electron chi connectivity index (χ4n) is 6.34. The van der Waals surface area contributed by atoms with Crippen molar-refractivity contribution in [2.45, 2.75) is 63.6 Å². The van der Waals surface area contributed by atoms with Crippen molar-refractivity contribution < 1.29 is 19.7 Å². The molecule has 1 aromatic carbocycles. The molecule has 3 fully saturated rings. The average Bonchev–Trinajstić information content (AvgIpc) is 3.46. The van der Waals surface area contributed by atoms with E-state index in [-0.39, 0.29) is 29.8 Å². The topological polar surface area (TPSA) is 83.1 Å². The highest BCUT2D eigenvalue weighted by Gasteiger charge is 2.74. The van der Waals surface area contributed by atoms with Crippen molar-refractivity contribution >= 4 is 35.2 Å². The Morgan fingerprint density at radius 2 is 1.90 bits per heavy atom. The fourth-order valence-corrected chi connectivity index (χ4v) is 6.85. The molecule has 2 saturated heterocycles. The predicted molar refractivity (Wildman–Crippen MR) is 116 cm³/mol. The maximum absolute atomic E-state index is 13.8. The molecule has 1 spiro atoms. The summed E-state index contributed by atoms with van der Waals surface area (Å²) in [6, 6.07) is 3.99. The number of amides is 3. The van der Waals surface area contributed by atoms with Gasteiger partial charge in [-0.3, -0.25) is 19.3 Å². The molecule has 30 heavy (non-hydrogen) atoms. The van der Waals surface area contributed by atoms with Crippen molar-refractivity contribution in [1.29, 1.82) is 0 Å². The summed E-state index contributed by atoms with van der Waals surface area (Å²) < 4.78 is 0. The first-order valence-electron chi connectivity index (χ1n) is 11.1. The van der Waals surface area contributed by atoms with Crippen molar-refractivity contribution in [2.24, 2.45) is 11.8 Å². The zero-order valence-corrected chi connectivity index (χ0v) is 18.7. The van der Waals surface area contributed by atoms with Crippen LogP contribution in [0.3, 0.4) is 0 Å². The minimum atomic E-state index is -1.03. The van der Waals surface area contributed by atoms with Crippen LogP contribution in [-0.2, 0) is 19.9 Å². The first-order valence-corrected chi connectivity index (χ1v) is 12.4. The minimum absolute atomic E-state index is 0.0116. The molecule has 3 amide bonds. The van der Waals surface area contributed by atoms with Crippen molar-refractivity contribution in [3.05, 3.63) is 28.8 Å². The van der Waals surface area contributed by atoms with Crippen LogP contribution in [0.2, 0.25) is 0 Å². The largest absolute Gasteiger partial charge is 0.326 e. The average molecular weight is 429 g/mol. The Balaban J connectivity index is 1.64. The number of carbonyl (C=O) groups excluding carboxylic acids is 3. The van der Waals surface area contributed by atoms with Crippen LogP contribution in [0.1, 0.15) is 48.8 Å². The molecule has 0 radical (unpaired) electrons. The number of thioether (sulfide) groups is 1.